The van der Waals surface area contributed by atoms with E-state index in [1.807, 2.05) is 25.1 Å². The number of rotatable bonds is 8. The molecule has 0 spiro atoms. The third-order valence-electron chi connectivity index (χ3n) is 4.81. The Bertz CT molecular complexity index is 607. The van der Waals surface area contributed by atoms with Gasteiger partial charge in [-0.05, 0) is 12.0 Å². The summed E-state index contributed by atoms with van der Waals surface area (Å²) in [5.41, 5.74) is 0.596. The van der Waals surface area contributed by atoms with Gasteiger partial charge in [0.25, 0.3) is 0 Å². The molecular weight excluding hydrogens is 362 g/mol. The fourth-order valence-electron chi connectivity index (χ4n) is 3.14. The van der Waals surface area contributed by atoms with Crippen LogP contribution in [0.25, 0.3) is 0 Å². The van der Waals surface area contributed by atoms with E-state index in [9.17, 15) is 4.79 Å². The lowest BCUT2D eigenvalue weighted by molar-refractivity contribution is -0.166. The van der Waals surface area contributed by atoms with Crippen molar-refractivity contribution >= 4 is 5.97 Å². The number of hydrogen-bond acceptors (Lipinski definition) is 4. The second-order valence-corrected chi connectivity index (χ2v) is 6.72. The Morgan fingerprint density at radius 2 is 1.89 bits per heavy atom. The molecule has 0 saturated carbocycles. The number of esters is 1. The summed E-state index contributed by atoms with van der Waals surface area (Å²) >= 11 is 0. The van der Waals surface area contributed by atoms with Crippen molar-refractivity contribution < 1.29 is 28.1 Å². The predicted molar refractivity (Wildman–Crippen MR) is 105 cm³/mol. The maximum absolute atomic E-state index is 12.0. The first-order valence-electron chi connectivity index (χ1n) is 9.73. The van der Waals surface area contributed by atoms with Crippen LogP contribution in [0.4, 0.5) is 0 Å². The van der Waals surface area contributed by atoms with Crippen LogP contribution < -0.4 is 12.4 Å². The lowest BCUT2D eigenvalue weighted by Crippen LogP contribution is -3.00. The van der Waals surface area contributed by atoms with E-state index < -0.39 is 5.60 Å². The Hall–Kier alpha value is -1.54. The molecule has 27 heavy (non-hydrogen) atoms. The molecule has 1 heterocycles. The van der Waals surface area contributed by atoms with Crippen molar-refractivity contribution in [3.63, 3.8) is 0 Å². The van der Waals surface area contributed by atoms with Crippen molar-refractivity contribution in [2.75, 3.05) is 32.8 Å². The molecule has 1 saturated heterocycles. The SMILES string of the molecule is CCCCOCC#CCN1CCC(OC(=O)CC)(c2ccccc2)CC1.[Cl-].[H+]. The minimum atomic E-state index is -0.498. The molecule has 4 nitrogen and oxygen atoms in total. The highest BCUT2D eigenvalue weighted by molar-refractivity contribution is 5.69. The quantitative estimate of drug-likeness (QED) is 0.373. The number of hydrogen-bond donors (Lipinski definition) is 0. The number of halogens is 1. The van der Waals surface area contributed by atoms with Crippen molar-refractivity contribution in [2.24, 2.45) is 0 Å². The third-order valence-corrected chi connectivity index (χ3v) is 4.81. The average molecular weight is 394 g/mol. The van der Waals surface area contributed by atoms with Crippen molar-refractivity contribution in [1.82, 2.24) is 4.90 Å². The molecule has 0 bridgehead atoms. The van der Waals surface area contributed by atoms with Gasteiger partial charge in [-0.1, -0.05) is 62.4 Å². The zero-order chi connectivity index (χ0) is 18.7. The van der Waals surface area contributed by atoms with Gasteiger partial charge < -0.3 is 21.9 Å². The molecular formula is C22H32ClNO3. The number of unbranched alkanes of at least 4 members (excludes halogenated alkanes) is 1. The zero-order valence-electron chi connectivity index (χ0n) is 17.5. The minimum Gasteiger partial charge on any atom is -1.00 e. The molecule has 0 unspecified atom stereocenters. The van der Waals surface area contributed by atoms with E-state index in [-0.39, 0.29) is 19.8 Å². The van der Waals surface area contributed by atoms with Crippen LogP contribution in [0.1, 0.15) is 52.9 Å². The highest BCUT2D eigenvalue weighted by Gasteiger charge is 2.39. The Balaban J connectivity index is 0.00000364. The molecule has 0 aromatic heterocycles. The highest BCUT2D eigenvalue weighted by Crippen LogP contribution is 2.37. The van der Waals surface area contributed by atoms with Crippen molar-refractivity contribution in [3.05, 3.63) is 35.9 Å². The van der Waals surface area contributed by atoms with E-state index in [0.29, 0.717) is 13.0 Å². The molecule has 1 aliphatic rings. The van der Waals surface area contributed by atoms with Crippen LogP contribution in [-0.4, -0.2) is 43.7 Å². The Kier molecular flexibility index (Phi) is 11.1. The summed E-state index contributed by atoms with van der Waals surface area (Å²) in [7, 11) is 0. The standard InChI is InChI=1S/C22H31NO3.ClH/c1-3-5-18-25-19-10-9-15-23-16-13-22(14-17-23,26-21(24)4-2)20-11-7-6-8-12-20;/h6-8,11-12H,3-5,13-19H2,1-2H3;1H. The van der Waals surface area contributed by atoms with E-state index in [2.05, 4.69) is 35.8 Å². The minimum absolute atomic E-state index is 0. The van der Waals surface area contributed by atoms with Gasteiger partial charge in [0.15, 0.2) is 0 Å². The van der Waals surface area contributed by atoms with Crippen LogP contribution in [0.5, 0.6) is 0 Å². The van der Waals surface area contributed by atoms with E-state index in [1.54, 1.807) is 0 Å². The van der Waals surface area contributed by atoms with Gasteiger partial charge in [-0.25, -0.2) is 0 Å². The van der Waals surface area contributed by atoms with Crippen molar-refractivity contribution in [3.8, 4) is 11.8 Å². The van der Waals surface area contributed by atoms with Crippen LogP contribution >= 0.6 is 0 Å². The van der Waals surface area contributed by atoms with Gasteiger partial charge in [-0.3, -0.25) is 9.69 Å². The fraction of sp³-hybridized carbons (Fsp3) is 0.591. The number of carbonyl (C=O) groups excluding carboxylic acids is 1. The summed E-state index contributed by atoms with van der Waals surface area (Å²) in [6, 6.07) is 10.1. The Morgan fingerprint density at radius 3 is 2.52 bits per heavy atom. The lowest BCUT2D eigenvalue weighted by atomic mass is 9.84. The first-order chi connectivity index (χ1) is 12.7. The predicted octanol–water partition coefficient (Wildman–Crippen LogP) is 0.868. The van der Waals surface area contributed by atoms with E-state index in [1.165, 1.54) is 0 Å². The van der Waals surface area contributed by atoms with Crippen LogP contribution in [0.2, 0.25) is 0 Å². The molecule has 0 radical (unpaired) electrons. The largest absolute Gasteiger partial charge is 1.00 e. The van der Waals surface area contributed by atoms with Gasteiger partial charge in [0.05, 0.1) is 6.54 Å². The highest BCUT2D eigenvalue weighted by atomic mass is 35.5. The first kappa shape index (κ1) is 23.5. The second-order valence-electron chi connectivity index (χ2n) is 6.72. The molecule has 1 aromatic carbocycles. The summed E-state index contributed by atoms with van der Waals surface area (Å²) < 4.78 is 11.4. The van der Waals surface area contributed by atoms with Crippen LogP contribution in [0.3, 0.4) is 0 Å². The van der Waals surface area contributed by atoms with Gasteiger partial charge in [0.1, 0.15) is 12.2 Å². The summed E-state index contributed by atoms with van der Waals surface area (Å²) in [4.78, 5) is 14.3. The normalized spacial score (nSPS) is 15.9. The fourth-order valence-corrected chi connectivity index (χ4v) is 3.14. The van der Waals surface area contributed by atoms with E-state index in [0.717, 1.165) is 57.5 Å². The number of nitrogens with zero attached hydrogens (tertiary/aromatic N) is 1. The summed E-state index contributed by atoms with van der Waals surface area (Å²) in [5.74, 6) is 6.15. The maximum Gasteiger partial charge on any atom is 1.00 e. The topological polar surface area (TPSA) is 38.8 Å². The van der Waals surface area contributed by atoms with Gasteiger partial charge in [0, 0.05) is 39.0 Å². The second kappa shape index (κ2) is 12.8. The molecule has 1 aliphatic heterocycles. The molecule has 2 rings (SSSR count). The Labute approximate surface area is 171 Å². The molecule has 0 atom stereocenters. The zero-order valence-corrected chi connectivity index (χ0v) is 17.3. The number of benzene rings is 1. The summed E-state index contributed by atoms with van der Waals surface area (Å²) in [5, 5.41) is 0. The van der Waals surface area contributed by atoms with Gasteiger partial charge in [-0.15, -0.1) is 0 Å². The molecule has 0 amide bonds. The van der Waals surface area contributed by atoms with Gasteiger partial charge in [0.2, 0.25) is 0 Å². The van der Waals surface area contributed by atoms with Gasteiger partial charge >= 0.3 is 7.40 Å². The number of ether oxygens (including phenoxy) is 2. The van der Waals surface area contributed by atoms with Crippen LogP contribution in [0, 0.1) is 11.8 Å². The summed E-state index contributed by atoms with van der Waals surface area (Å²) in [6.45, 7) is 7.78. The lowest BCUT2D eigenvalue weighted by Gasteiger charge is -2.41. The van der Waals surface area contributed by atoms with Crippen molar-refractivity contribution in [1.29, 1.82) is 0 Å². The molecule has 0 N–H and O–H groups in total. The molecule has 150 valence electrons. The smallest absolute Gasteiger partial charge is 1.00 e. The van der Waals surface area contributed by atoms with E-state index in [4.69, 9.17) is 9.47 Å². The molecule has 0 aliphatic carbocycles. The number of carbonyl (C=O) groups is 1. The maximum atomic E-state index is 12.0. The van der Waals surface area contributed by atoms with Crippen LogP contribution in [0.15, 0.2) is 30.3 Å². The monoisotopic (exact) mass is 393 g/mol. The first-order valence-corrected chi connectivity index (χ1v) is 9.73. The molecule has 1 fully saturated rings. The number of piperidine rings is 1. The van der Waals surface area contributed by atoms with Gasteiger partial charge in [-0.2, -0.15) is 0 Å². The van der Waals surface area contributed by atoms with Crippen molar-refractivity contribution in [2.45, 2.75) is 51.6 Å². The molecule has 5 heteroatoms. The average Bonchev–Trinajstić information content (AvgIpc) is 2.69. The Morgan fingerprint density at radius 1 is 1.19 bits per heavy atom. The number of likely N-dealkylation sites (tertiary alicyclic amines) is 1. The molecule has 1 aromatic rings. The summed E-state index contributed by atoms with van der Waals surface area (Å²) in [6.07, 6.45) is 4.25. The van der Waals surface area contributed by atoms with E-state index >= 15 is 0 Å². The third kappa shape index (κ3) is 7.54. The van der Waals surface area contributed by atoms with Crippen LogP contribution in [-0.2, 0) is 19.9 Å².